The second kappa shape index (κ2) is 8.46. The topological polar surface area (TPSA) is 56.8 Å². The predicted molar refractivity (Wildman–Crippen MR) is 115 cm³/mol. The molecule has 1 fully saturated rings. The van der Waals surface area contributed by atoms with Crippen LogP contribution in [0, 0.1) is 5.82 Å². The van der Waals surface area contributed by atoms with Crippen LogP contribution in [0.1, 0.15) is 40.2 Å². The van der Waals surface area contributed by atoms with Crippen LogP contribution >= 0.6 is 0 Å². The summed E-state index contributed by atoms with van der Waals surface area (Å²) >= 11 is 0. The van der Waals surface area contributed by atoms with Crippen LogP contribution in [0.2, 0.25) is 0 Å². The van der Waals surface area contributed by atoms with E-state index in [9.17, 15) is 8.60 Å². The van der Waals surface area contributed by atoms with Gasteiger partial charge in [-0.2, -0.15) is 0 Å². The first-order valence-corrected chi connectivity index (χ1v) is 10.9. The molecule has 3 rings (SSSR count). The van der Waals surface area contributed by atoms with E-state index in [-0.39, 0.29) is 12.4 Å². The minimum absolute atomic E-state index is 0.251. The molecule has 8 heteroatoms. The van der Waals surface area contributed by atoms with Gasteiger partial charge in [-0.05, 0) is 63.0 Å². The van der Waals surface area contributed by atoms with Crippen molar-refractivity contribution >= 4 is 29.3 Å². The molecule has 2 aromatic carbocycles. The Morgan fingerprint density at radius 1 is 1.07 bits per heavy atom. The number of benzene rings is 2. The third-order valence-electron chi connectivity index (χ3n) is 5.32. The van der Waals surface area contributed by atoms with E-state index < -0.39 is 29.3 Å². The third kappa shape index (κ3) is 5.00. The second-order valence-electron chi connectivity index (χ2n) is 8.00. The zero-order valence-corrected chi connectivity index (χ0v) is 18.3. The lowest BCUT2D eigenvalue weighted by Gasteiger charge is -2.32. The van der Waals surface area contributed by atoms with Crippen molar-refractivity contribution in [3.8, 4) is 5.75 Å². The SMILES string of the molecule is CCS(=O)Nc1ccc(B2OC(C)(C)C(C)(C)O2)cc1OCc1ccc(F)cc1. The summed E-state index contributed by atoms with van der Waals surface area (Å²) in [7, 11) is -1.74. The van der Waals surface area contributed by atoms with Crippen LogP contribution < -0.4 is 14.9 Å². The maximum Gasteiger partial charge on any atom is 0.494 e. The summed E-state index contributed by atoms with van der Waals surface area (Å²) in [5.74, 6) is 0.705. The van der Waals surface area contributed by atoms with Crippen LogP contribution in [0.3, 0.4) is 0 Å². The normalized spacial score (nSPS) is 18.5. The molecule has 5 nitrogen and oxygen atoms in total. The fourth-order valence-electron chi connectivity index (χ4n) is 2.80. The Kier molecular flexibility index (Phi) is 6.36. The van der Waals surface area contributed by atoms with E-state index >= 15 is 0 Å². The lowest BCUT2D eigenvalue weighted by atomic mass is 9.79. The van der Waals surface area contributed by atoms with Crippen molar-refractivity contribution in [3.63, 3.8) is 0 Å². The number of ether oxygens (including phenoxy) is 1. The third-order valence-corrected chi connectivity index (χ3v) is 6.30. The van der Waals surface area contributed by atoms with Crippen molar-refractivity contribution < 1.29 is 22.6 Å². The summed E-state index contributed by atoms with van der Waals surface area (Å²) in [6.07, 6.45) is 0. The summed E-state index contributed by atoms with van der Waals surface area (Å²) in [5.41, 5.74) is 1.36. The van der Waals surface area contributed by atoms with E-state index in [4.69, 9.17) is 14.0 Å². The summed E-state index contributed by atoms with van der Waals surface area (Å²) in [6, 6.07) is 11.7. The molecule has 0 aromatic heterocycles. The van der Waals surface area contributed by atoms with Gasteiger partial charge in [-0.1, -0.05) is 25.1 Å². The summed E-state index contributed by atoms with van der Waals surface area (Å²) in [4.78, 5) is 0. The Morgan fingerprint density at radius 2 is 1.69 bits per heavy atom. The Hall–Kier alpha value is -1.90. The summed E-state index contributed by atoms with van der Waals surface area (Å²) in [6.45, 7) is 10.1. The fraction of sp³-hybridized carbons (Fsp3) is 0.429. The van der Waals surface area contributed by atoms with Gasteiger partial charge in [0.25, 0.3) is 0 Å². The van der Waals surface area contributed by atoms with Crippen LogP contribution in [0.5, 0.6) is 5.75 Å². The molecular formula is C21H27BFNO4S. The first kappa shape index (κ1) is 21.8. The number of anilines is 1. The molecule has 1 heterocycles. The standard InChI is InChI=1S/C21H27BFNO4S/c1-6-29(25)24-18-12-9-16(22-27-20(2,3)21(4,5)28-22)13-19(18)26-14-15-7-10-17(23)11-8-15/h7-13,24H,6,14H2,1-5H3. The Balaban J connectivity index is 1.85. The molecule has 0 spiro atoms. The van der Waals surface area contributed by atoms with Gasteiger partial charge in [0.1, 0.15) is 29.2 Å². The number of halogens is 1. The highest BCUT2D eigenvalue weighted by atomic mass is 32.2. The molecule has 29 heavy (non-hydrogen) atoms. The zero-order valence-electron chi connectivity index (χ0n) is 17.5. The highest BCUT2D eigenvalue weighted by molar-refractivity contribution is 7.86. The number of nitrogens with one attached hydrogen (secondary N) is 1. The molecule has 0 aliphatic carbocycles. The van der Waals surface area contributed by atoms with Gasteiger partial charge in [0.15, 0.2) is 0 Å². The van der Waals surface area contributed by atoms with Crippen molar-refractivity contribution in [3.05, 3.63) is 53.8 Å². The van der Waals surface area contributed by atoms with Crippen LogP contribution in [0.4, 0.5) is 10.1 Å². The monoisotopic (exact) mass is 419 g/mol. The smallest absolute Gasteiger partial charge is 0.487 e. The first-order chi connectivity index (χ1) is 13.6. The summed E-state index contributed by atoms with van der Waals surface area (Å²) < 4.78 is 46.3. The van der Waals surface area contributed by atoms with Crippen molar-refractivity contribution in [2.24, 2.45) is 0 Å². The van der Waals surface area contributed by atoms with Crippen molar-refractivity contribution in [1.82, 2.24) is 0 Å². The molecule has 0 radical (unpaired) electrons. The fourth-order valence-corrected chi connectivity index (χ4v) is 3.36. The first-order valence-electron chi connectivity index (χ1n) is 9.63. The van der Waals surface area contributed by atoms with E-state index in [1.807, 2.05) is 52.8 Å². The highest BCUT2D eigenvalue weighted by Crippen LogP contribution is 2.37. The molecule has 0 saturated carbocycles. The van der Waals surface area contributed by atoms with Gasteiger partial charge in [0.05, 0.1) is 16.9 Å². The Morgan fingerprint density at radius 3 is 2.28 bits per heavy atom. The van der Waals surface area contributed by atoms with Gasteiger partial charge in [-0.25, -0.2) is 8.60 Å². The molecule has 1 unspecified atom stereocenters. The van der Waals surface area contributed by atoms with Gasteiger partial charge >= 0.3 is 7.12 Å². The second-order valence-corrected chi connectivity index (χ2v) is 9.47. The lowest BCUT2D eigenvalue weighted by Crippen LogP contribution is -2.41. The molecule has 1 atom stereocenters. The van der Waals surface area contributed by atoms with Gasteiger partial charge in [0.2, 0.25) is 0 Å². The van der Waals surface area contributed by atoms with Crippen molar-refractivity contribution in [2.75, 3.05) is 10.5 Å². The van der Waals surface area contributed by atoms with E-state index in [0.29, 0.717) is 17.2 Å². The van der Waals surface area contributed by atoms with Gasteiger partial charge in [-0.3, -0.25) is 0 Å². The quantitative estimate of drug-likeness (QED) is 0.694. The molecule has 1 N–H and O–H groups in total. The molecule has 0 bridgehead atoms. The predicted octanol–water partition coefficient (Wildman–Crippen LogP) is 3.80. The molecule has 156 valence electrons. The molecular weight excluding hydrogens is 392 g/mol. The van der Waals surface area contributed by atoms with Crippen molar-refractivity contribution in [1.29, 1.82) is 0 Å². The highest BCUT2D eigenvalue weighted by Gasteiger charge is 2.51. The van der Waals surface area contributed by atoms with E-state index in [1.165, 1.54) is 12.1 Å². The number of hydrogen-bond donors (Lipinski definition) is 1. The lowest BCUT2D eigenvalue weighted by molar-refractivity contribution is 0.00578. The molecule has 0 amide bonds. The van der Waals surface area contributed by atoms with Crippen LogP contribution in [-0.2, 0) is 26.9 Å². The average Bonchev–Trinajstić information content (AvgIpc) is 2.89. The Bertz CT molecular complexity index is 873. The average molecular weight is 419 g/mol. The van der Waals surface area contributed by atoms with E-state index in [0.717, 1.165) is 11.0 Å². The maximum atomic E-state index is 13.1. The van der Waals surface area contributed by atoms with Crippen LogP contribution in [0.15, 0.2) is 42.5 Å². The van der Waals surface area contributed by atoms with Gasteiger partial charge in [0, 0.05) is 5.75 Å². The minimum Gasteiger partial charge on any atom is -0.487 e. The maximum absolute atomic E-state index is 13.1. The molecule has 1 aliphatic rings. The molecule has 2 aromatic rings. The zero-order chi connectivity index (χ0) is 21.2. The van der Waals surface area contributed by atoms with Gasteiger partial charge in [-0.15, -0.1) is 0 Å². The Labute approximate surface area is 174 Å². The van der Waals surface area contributed by atoms with Crippen molar-refractivity contribution in [2.45, 2.75) is 52.4 Å². The summed E-state index contributed by atoms with van der Waals surface area (Å²) in [5, 5.41) is 0. The molecule has 1 saturated heterocycles. The number of hydrogen-bond acceptors (Lipinski definition) is 4. The van der Waals surface area contributed by atoms with Gasteiger partial charge < -0.3 is 18.8 Å². The number of rotatable bonds is 7. The minimum atomic E-state index is -1.21. The molecule has 1 aliphatic heterocycles. The van der Waals surface area contributed by atoms with E-state index in [2.05, 4.69) is 4.72 Å². The largest absolute Gasteiger partial charge is 0.494 e. The van der Waals surface area contributed by atoms with Crippen LogP contribution in [-0.4, -0.2) is 28.3 Å². The van der Waals surface area contributed by atoms with E-state index in [1.54, 1.807) is 12.1 Å². The van der Waals surface area contributed by atoms with Crippen LogP contribution in [0.25, 0.3) is 0 Å².